The monoisotopic (exact) mass is 252 g/mol. The van der Waals surface area contributed by atoms with E-state index in [9.17, 15) is 0 Å². The number of hydrogen-bond acceptors (Lipinski definition) is 1. The van der Waals surface area contributed by atoms with E-state index < -0.39 is 0 Å². The second-order valence-corrected chi connectivity index (χ2v) is 3.30. The summed E-state index contributed by atoms with van der Waals surface area (Å²) < 4.78 is 1.98. The molecule has 1 heterocycles. The third kappa shape index (κ3) is 1.79. The molecule has 0 saturated heterocycles. The summed E-state index contributed by atoms with van der Waals surface area (Å²) in [6.07, 6.45) is 5.46. The Labute approximate surface area is 70.5 Å². The molecule has 1 aromatic rings. The predicted octanol–water partition coefficient (Wildman–Crippen LogP) is 2.17. The fourth-order valence-electron chi connectivity index (χ4n) is 0.515. The van der Waals surface area contributed by atoms with Crippen molar-refractivity contribution in [2.45, 2.75) is 4.95 Å². The summed E-state index contributed by atoms with van der Waals surface area (Å²) in [7, 11) is 0. The van der Waals surface area contributed by atoms with Crippen molar-refractivity contribution in [2.75, 3.05) is 5.33 Å². The number of halogens is 2. The lowest BCUT2D eigenvalue weighted by atomic mass is 10.7. The van der Waals surface area contributed by atoms with Crippen molar-refractivity contribution in [2.24, 2.45) is 0 Å². The van der Waals surface area contributed by atoms with Gasteiger partial charge in [-0.2, -0.15) is 0 Å². The van der Waals surface area contributed by atoms with Crippen LogP contribution in [0.25, 0.3) is 0 Å². The summed E-state index contributed by atoms with van der Waals surface area (Å²) in [5.41, 5.74) is 0. The zero-order chi connectivity index (χ0) is 6.69. The lowest BCUT2D eigenvalue weighted by Crippen LogP contribution is -1.98. The summed E-state index contributed by atoms with van der Waals surface area (Å²) in [6.45, 7) is 0. The molecule has 0 radical (unpaired) electrons. The smallest absolute Gasteiger partial charge is 0.0994 e. The standard InChI is InChI=1S/C5H6Br2N2/c6-3-5(7)9-2-1-8-4-9/h1-2,4-5H,3H2. The van der Waals surface area contributed by atoms with Crippen LogP contribution in [0.2, 0.25) is 0 Å². The fourth-order valence-corrected chi connectivity index (χ4v) is 1.09. The fraction of sp³-hybridized carbons (Fsp3) is 0.400. The van der Waals surface area contributed by atoms with Gasteiger partial charge in [0, 0.05) is 17.7 Å². The van der Waals surface area contributed by atoms with Crippen LogP contribution in [0.5, 0.6) is 0 Å². The normalized spacial score (nSPS) is 13.6. The van der Waals surface area contributed by atoms with E-state index in [0.717, 1.165) is 5.33 Å². The van der Waals surface area contributed by atoms with E-state index in [2.05, 4.69) is 36.8 Å². The largest absolute Gasteiger partial charge is 0.324 e. The number of alkyl halides is 2. The van der Waals surface area contributed by atoms with E-state index in [4.69, 9.17) is 0 Å². The molecule has 0 spiro atoms. The SMILES string of the molecule is BrCC(Br)n1ccnc1. The van der Waals surface area contributed by atoms with E-state index in [1.165, 1.54) is 0 Å². The highest BCUT2D eigenvalue weighted by atomic mass is 79.9. The predicted molar refractivity (Wildman–Crippen MR) is 44.0 cm³/mol. The Morgan fingerprint density at radius 1 is 1.67 bits per heavy atom. The van der Waals surface area contributed by atoms with Gasteiger partial charge in [0.25, 0.3) is 0 Å². The molecule has 0 aliphatic carbocycles. The highest BCUT2D eigenvalue weighted by Gasteiger charge is 2.00. The van der Waals surface area contributed by atoms with Crippen LogP contribution in [0, 0.1) is 0 Å². The topological polar surface area (TPSA) is 17.8 Å². The molecule has 0 N–H and O–H groups in total. The Kier molecular flexibility index (Phi) is 2.72. The maximum atomic E-state index is 3.90. The van der Waals surface area contributed by atoms with Crippen LogP contribution in [0.3, 0.4) is 0 Å². The van der Waals surface area contributed by atoms with Crippen molar-refractivity contribution in [1.29, 1.82) is 0 Å². The van der Waals surface area contributed by atoms with Gasteiger partial charge in [0.15, 0.2) is 0 Å². The van der Waals surface area contributed by atoms with Crippen molar-refractivity contribution in [3.05, 3.63) is 18.7 Å². The van der Waals surface area contributed by atoms with Crippen molar-refractivity contribution >= 4 is 31.9 Å². The van der Waals surface area contributed by atoms with Crippen LogP contribution in [-0.4, -0.2) is 14.9 Å². The van der Waals surface area contributed by atoms with Gasteiger partial charge in [-0.3, -0.25) is 0 Å². The van der Waals surface area contributed by atoms with E-state index in [0.29, 0.717) is 4.95 Å². The minimum Gasteiger partial charge on any atom is -0.324 e. The molecular weight excluding hydrogens is 248 g/mol. The summed E-state index contributed by atoms with van der Waals surface area (Å²) in [4.78, 5) is 4.22. The first-order valence-electron chi connectivity index (χ1n) is 2.52. The Morgan fingerprint density at radius 2 is 2.44 bits per heavy atom. The van der Waals surface area contributed by atoms with E-state index >= 15 is 0 Å². The van der Waals surface area contributed by atoms with Gasteiger partial charge in [-0.1, -0.05) is 31.9 Å². The molecule has 4 heteroatoms. The minimum absolute atomic E-state index is 0.319. The lowest BCUT2D eigenvalue weighted by Gasteiger charge is -2.04. The van der Waals surface area contributed by atoms with Crippen molar-refractivity contribution in [1.82, 2.24) is 9.55 Å². The van der Waals surface area contributed by atoms with Gasteiger partial charge >= 0.3 is 0 Å². The van der Waals surface area contributed by atoms with Crippen LogP contribution in [-0.2, 0) is 0 Å². The molecule has 0 aliphatic rings. The summed E-state index contributed by atoms with van der Waals surface area (Å²) in [5, 5.41) is 0.892. The zero-order valence-corrected chi connectivity index (χ0v) is 7.84. The van der Waals surface area contributed by atoms with Gasteiger partial charge in [0.05, 0.1) is 11.3 Å². The van der Waals surface area contributed by atoms with Gasteiger partial charge < -0.3 is 4.57 Å². The average molecular weight is 254 g/mol. The molecule has 1 atom stereocenters. The minimum atomic E-state index is 0.319. The van der Waals surface area contributed by atoms with Crippen molar-refractivity contribution in [3.8, 4) is 0 Å². The third-order valence-electron chi connectivity index (χ3n) is 0.976. The second-order valence-electron chi connectivity index (χ2n) is 1.60. The molecule has 2 nitrogen and oxygen atoms in total. The Bertz CT molecular complexity index is 161. The van der Waals surface area contributed by atoms with Crippen molar-refractivity contribution in [3.63, 3.8) is 0 Å². The molecule has 1 unspecified atom stereocenters. The maximum Gasteiger partial charge on any atom is 0.0994 e. The number of nitrogens with zero attached hydrogens (tertiary/aromatic N) is 2. The molecule has 0 fully saturated rings. The van der Waals surface area contributed by atoms with Crippen molar-refractivity contribution < 1.29 is 0 Å². The van der Waals surface area contributed by atoms with Crippen LogP contribution >= 0.6 is 31.9 Å². The second kappa shape index (κ2) is 3.37. The highest BCUT2D eigenvalue weighted by molar-refractivity contribution is 9.11. The molecular formula is C5H6Br2N2. The first-order chi connectivity index (χ1) is 4.34. The van der Waals surface area contributed by atoms with Crippen LogP contribution in [0.4, 0.5) is 0 Å². The molecule has 0 amide bonds. The molecule has 0 saturated carbocycles. The van der Waals surface area contributed by atoms with Gasteiger partial charge in [-0.25, -0.2) is 4.98 Å². The quantitative estimate of drug-likeness (QED) is 0.739. The van der Waals surface area contributed by atoms with E-state index in [1.807, 2.05) is 10.8 Å². The lowest BCUT2D eigenvalue weighted by molar-refractivity contribution is 0.765. The maximum absolute atomic E-state index is 3.90. The average Bonchev–Trinajstić information content (AvgIpc) is 2.37. The molecule has 1 aromatic heterocycles. The number of imidazole rings is 1. The zero-order valence-electron chi connectivity index (χ0n) is 4.67. The van der Waals surface area contributed by atoms with Gasteiger partial charge in [0.1, 0.15) is 0 Å². The summed E-state index contributed by atoms with van der Waals surface area (Å²) >= 11 is 6.78. The summed E-state index contributed by atoms with van der Waals surface area (Å²) in [5.74, 6) is 0. The Hall–Kier alpha value is 0.170. The first-order valence-corrected chi connectivity index (χ1v) is 4.56. The first kappa shape index (κ1) is 7.28. The number of rotatable bonds is 2. The van der Waals surface area contributed by atoms with E-state index in [1.54, 1.807) is 12.5 Å². The molecule has 0 aromatic carbocycles. The molecule has 1 rings (SSSR count). The Morgan fingerprint density at radius 3 is 2.89 bits per heavy atom. The molecule has 9 heavy (non-hydrogen) atoms. The van der Waals surface area contributed by atoms with Gasteiger partial charge in [-0.05, 0) is 0 Å². The van der Waals surface area contributed by atoms with Crippen LogP contribution < -0.4 is 0 Å². The summed E-state index contributed by atoms with van der Waals surface area (Å²) in [6, 6.07) is 0. The van der Waals surface area contributed by atoms with E-state index in [-0.39, 0.29) is 0 Å². The van der Waals surface area contributed by atoms with Gasteiger partial charge in [0.2, 0.25) is 0 Å². The third-order valence-corrected chi connectivity index (χ3v) is 3.25. The Balaban J connectivity index is 2.65. The highest BCUT2D eigenvalue weighted by Crippen LogP contribution is 2.15. The van der Waals surface area contributed by atoms with Crippen LogP contribution in [0.1, 0.15) is 4.95 Å². The van der Waals surface area contributed by atoms with Gasteiger partial charge in [-0.15, -0.1) is 0 Å². The molecule has 0 aliphatic heterocycles. The molecule has 0 bridgehead atoms. The molecule has 50 valence electrons. The van der Waals surface area contributed by atoms with Crippen LogP contribution in [0.15, 0.2) is 18.7 Å². The number of hydrogen-bond donors (Lipinski definition) is 0. The number of aromatic nitrogens is 2.